The van der Waals surface area contributed by atoms with Crippen molar-refractivity contribution in [2.45, 2.75) is 25.7 Å². The zero-order valence-corrected chi connectivity index (χ0v) is 8.62. The molecule has 0 atom stereocenters. The van der Waals surface area contributed by atoms with Gasteiger partial charge < -0.3 is 10.2 Å². The van der Waals surface area contributed by atoms with Gasteiger partial charge in [0.1, 0.15) is 0 Å². The van der Waals surface area contributed by atoms with Gasteiger partial charge in [0.25, 0.3) is 0 Å². The van der Waals surface area contributed by atoms with Crippen LogP contribution in [0.3, 0.4) is 0 Å². The number of carboxylic acid groups (broad SMARTS) is 1. The maximum absolute atomic E-state index is 13.0. The Morgan fingerprint density at radius 1 is 1.47 bits per heavy atom. The lowest BCUT2D eigenvalue weighted by Gasteiger charge is -2.23. The van der Waals surface area contributed by atoms with E-state index in [0.717, 1.165) is 6.07 Å². The summed E-state index contributed by atoms with van der Waals surface area (Å²) in [6.07, 6.45) is -0.0861. The molecular weight excluding hydrogens is 199 g/mol. The summed E-state index contributed by atoms with van der Waals surface area (Å²) in [7, 11) is 0. The van der Waals surface area contributed by atoms with Crippen molar-refractivity contribution >= 4 is 5.97 Å². The molecule has 1 rings (SSSR count). The van der Waals surface area contributed by atoms with E-state index in [-0.39, 0.29) is 6.42 Å². The highest BCUT2D eigenvalue weighted by Gasteiger charge is 2.24. The van der Waals surface area contributed by atoms with Crippen LogP contribution in [-0.2, 0) is 10.2 Å². The summed E-state index contributed by atoms with van der Waals surface area (Å²) < 4.78 is 13.0. The molecule has 0 amide bonds. The molecule has 82 valence electrons. The Morgan fingerprint density at radius 3 is 2.53 bits per heavy atom. The van der Waals surface area contributed by atoms with Crippen LogP contribution in [0.1, 0.15) is 25.8 Å². The number of phenols is 1. The summed E-state index contributed by atoms with van der Waals surface area (Å²) in [5, 5.41) is 17.7. The molecule has 1 aromatic rings. The van der Waals surface area contributed by atoms with Crippen LogP contribution in [0.5, 0.6) is 5.75 Å². The van der Waals surface area contributed by atoms with Crippen LogP contribution in [0.4, 0.5) is 4.39 Å². The molecule has 15 heavy (non-hydrogen) atoms. The molecular formula is C11H13FO3. The molecule has 0 saturated heterocycles. The molecule has 0 heterocycles. The molecule has 3 nitrogen and oxygen atoms in total. The van der Waals surface area contributed by atoms with E-state index in [2.05, 4.69) is 0 Å². The van der Waals surface area contributed by atoms with Gasteiger partial charge in [-0.3, -0.25) is 4.79 Å². The van der Waals surface area contributed by atoms with Gasteiger partial charge in [0.05, 0.1) is 6.42 Å². The van der Waals surface area contributed by atoms with E-state index >= 15 is 0 Å². The van der Waals surface area contributed by atoms with Gasteiger partial charge in [0.15, 0.2) is 11.6 Å². The van der Waals surface area contributed by atoms with Crippen molar-refractivity contribution in [2.24, 2.45) is 0 Å². The van der Waals surface area contributed by atoms with Crippen LogP contribution >= 0.6 is 0 Å². The molecule has 0 saturated carbocycles. The third kappa shape index (κ3) is 2.68. The maximum Gasteiger partial charge on any atom is 0.304 e. The van der Waals surface area contributed by atoms with Gasteiger partial charge in [0, 0.05) is 5.41 Å². The van der Waals surface area contributed by atoms with Crippen molar-refractivity contribution in [1.29, 1.82) is 0 Å². The summed E-state index contributed by atoms with van der Waals surface area (Å²) in [5.41, 5.74) is -0.0967. The first-order valence-corrected chi connectivity index (χ1v) is 4.54. The SMILES string of the molecule is CC(C)(CC(=O)O)c1ccc(O)c(F)c1. The van der Waals surface area contributed by atoms with E-state index in [1.54, 1.807) is 13.8 Å². The maximum atomic E-state index is 13.0. The summed E-state index contributed by atoms with van der Waals surface area (Å²) in [6.45, 7) is 3.43. The Labute approximate surface area is 87.2 Å². The Kier molecular flexibility index (Phi) is 2.98. The second-order valence-electron chi connectivity index (χ2n) is 4.12. The molecule has 1 aromatic carbocycles. The van der Waals surface area contributed by atoms with E-state index in [9.17, 15) is 9.18 Å². The van der Waals surface area contributed by atoms with Gasteiger partial charge in [-0.2, -0.15) is 0 Å². The van der Waals surface area contributed by atoms with Gasteiger partial charge in [-0.15, -0.1) is 0 Å². The highest BCUT2D eigenvalue weighted by Crippen LogP contribution is 2.29. The predicted octanol–water partition coefficient (Wildman–Crippen LogP) is 2.28. The van der Waals surface area contributed by atoms with Crippen LogP contribution in [0.2, 0.25) is 0 Å². The standard InChI is InChI=1S/C11H13FO3/c1-11(2,6-10(14)15)7-3-4-9(13)8(12)5-7/h3-5,13H,6H2,1-2H3,(H,14,15). The number of benzene rings is 1. The number of carbonyl (C=O) groups is 1. The molecule has 0 aliphatic carbocycles. The van der Waals surface area contributed by atoms with Crippen molar-refractivity contribution in [3.8, 4) is 5.75 Å². The van der Waals surface area contributed by atoms with E-state index in [1.807, 2.05) is 0 Å². The zero-order valence-electron chi connectivity index (χ0n) is 8.62. The lowest BCUT2D eigenvalue weighted by Crippen LogP contribution is -2.21. The molecule has 0 spiro atoms. The predicted molar refractivity (Wildman–Crippen MR) is 53.3 cm³/mol. The average Bonchev–Trinajstić information content (AvgIpc) is 2.07. The quantitative estimate of drug-likeness (QED) is 0.808. The number of rotatable bonds is 3. The monoisotopic (exact) mass is 212 g/mol. The number of phenolic OH excluding ortho intramolecular Hbond substituents is 1. The third-order valence-electron chi connectivity index (χ3n) is 2.32. The summed E-state index contributed by atoms with van der Waals surface area (Å²) in [5.74, 6) is -2.09. The largest absolute Gasteiger partial charge is 0.505 e. The van der Waals surface area contributed by atoms with Gasteiger partial charge in [-0.05, 0) is 17.7 Å². The molecule has 4 heteroatoms. The molecule has 0 fully saturated rings. The lowest BCUT2D eigenvalue weighted by atomic mass is 9.81. The Bertz CT molecular complexity index is 385. The fourth-order valence-corrected chi connectivity index (χ4v) is 1.41. The van der Waals surface area contributed by atoms with Crippen molar-refractivity contribution in [3.63, 3.8) is 0 Å². The molecule has 0 aliphatic rings. The fourth-order valence-electron chi connectivity index (χ4n) is 1.41. The normalized spacial score (nSPS) is 11.4. The number of carboxylic acids is 1. The first-order chi connectivity index (χ1) is 6.83. The number of aromatic hydroxyl groups is 1. The highest BCUT2D eigenvalue weighted by atomic mass is 19.1. The van der Waals surface area contributed by atoms with Crippen LogP contribution in [0, 0.1) is 5.82 Å². The first kappa shape index (κ1) is 11.5. The van der Waals surface area contributed by atoms with E-state index < -0.39 is 23.0 Å². The molecule has 2 N–H and O–H groups in total. The first-order valence-electron chi connectivity index (χ1n) is 4.54. The minimum absolute atomic E-state index is 0.0861. The van der Waals surface area contributed by atoms with Crippen LogP contribution in [0.25, 0.3) is 0 Å². The summed E-state index contributed by atoms with van der Waals surface area (Å²) in [4.78, 5) is 10.6. The fraction of sp³-hybridized carbons (Fsp3) is 0.364. The highest BCUT2D eigenvalue weighted by molar-refractivity contribution is 5.68. The smallest absolute Gasteiger partial charge is 0.304 e. The number of hydrogen-bond acceptors (Lipinski definition) is 2. The summed E-state index contributed by atoms with van der Waals surface area (Å²) in [6, 6.07) is 3.92. The van der Waals surface area contributed by atoms with Crippen LogP contribution in [0.15, 0.2) is 18.2 Å². The molecule has 0 aliphatic heterocycles. The average molecular weight is 212 g/mol. The number of halogens is 1. The van der Waals surface area contributed by atoms with Crippen molar-refractivity contribution < 1.29 is 19.4 Å². The van der Waals surface area contributed by atoms with Crippen molar-refractivity contribution in [3.05, 3.63) is 29.6 Å². The zero-order chi connectivity index (χ0) is 11.6. The minimum Gasteiger partial charge on any atom is -0.505 e. The van der Waals surface area contributed by atoms with E-state index in [0.29, 0.717) is 5.56 Å². The molecule has 0 unspecified atom stereocenters. The molecule has 0 radical (unpaired) electrons. The lowest BCUT2D eigenvalue weighted by molar-refractivity contribution is -0.138. The van der Waals surface area contributed by atoms with Gasteiger partial charge >= 0.3 is 5.97 Å². The Balaban J connectivity index is 3.04. The Hall–Kier alpha value is -1.58. The number of aliphatic carboxylic acids is 1. The summed E-state index contributed by atoms with van der Waals surface area (Å²) >= 11 is 0. The van der Waals surface area contributed by atoms with Gasteiger partial charge in [-0.25, -0.2) is 4.39 Å². The Morgan fingerprint density at radius 2 is 2.07 bits per heavy atom. The van der Waals surface area contributed by atoms with Crippen LogP contribution in [-0.4, -0.2) is 16.2 Å². The van der Waals surface area contributed by atoms with Crippen molar-refractivity contribution in [2.75, 3.05) is 0 Å². The van der Waals surface area contributed by atoms with E-state index in [4.69, 9.17) is 10.2 Å². The van der Waals surface area contributed by atoms with Crippen molar-refractivity contribution in [1.82, 2.24) is 0 Å². The van der Waals surface area contributed by atoms with Gasteiger partial charge in [-0.1, -0.05) is 19.9 Å². The topological polar surface area (TPSA) is 57.5 Å². The molecule has 0 bridgehead atoms. The van der Waals surface area contributed by atoms with Gasteiger partial charge in [0.2, 0.25) is 0 Å². The van der Waals surface area contributed by atoms with E-state index in [1.165, 1.54) is 12.1 Å². The third-order valence-corrected chi connectivity index (χ3v) is 2.32. The van der Waals surface area contributed by atoms with Crippen LogP contribution < -0.4 is 0 Å². The second kappa shape index (κ2) is 3.88. The number of hydrogen-bond donors (Lipinski definition) is 2. The minimum atomic E-state index is -0.937. The second-order valence-corrected chi connectivity index (χ2v) is 4.12. The molecule has 0 aromatic heterocycles.